The van der Waals surface area contributed by atoms with Gasteiger partial charge in [-0.05, 0) is 62.1 Å². The van der Waals surface area contributed by atoms with Crippen molar-refractivity contribution in [3.63, 3.8) is 0 Å². The molecule has 1 atom stereocenters. The normalized spacial score (nSPS) is 12.9. The number of thioether (sulfide) groups is 1. The summed E-state index contributed by atoms with van der Waals surface area (Å²) in [4.78, 5) is 0. The van der Waals surface area contributed by atoms with E-state index in [0.717, 1.165) is 12.5 Å². The maximum Gasteiger partial charge on any atom is 0.0417 e. The Morgan fingerprint density at radius 1 is 1.05 bits per heavy atom. The van der Waals surface area contributed by atoms with E-state index in [4.69, 9.17) is 0 Å². The number of rotatable bonds is 8. The van der Waals surface area contributed by atoms with Crippen LogP contribution in [0.2, 0.25) is 0 Å². The zero-order valence-electron chi connectivity index (χ0n) is 14.0. The van der Waals surface area contributed by atoms with Crippen molar-refractivity contribution in [2.75, 3.05) is 18.1 Å². The molecule has 1 unspecified atom stereocenters. The molecule has 0 radical (unpaired) electrons. The Balaban J connectivity index is 2.86. The molecule has 20 heavy (non-hydrogen) atoms. The van der Waals surface area contributed by atoms with E-state index in [2.05, 4.69) is 70.8 Å². The van der Waals surface area contributed by atoms with Crippen LogP contribution in [0.15, 0.2) is 12.1 Å². The van der Waals surface area contributed by atoms with Crippen molar-refractivity contribution in [3.8, 4) is 0 Å². The molecule has 0 spiro atoms. The van der Waals surface area contributed by atoms with Gasteiger partial charge in [-0.15, -0.1) is 0 Å². The highest BCUT2D eigenvalue weighted by atomic mass is 32.2. The summed E-state index contributed by atoms with van der Waals surface area (Å²) in [5.74, 6) is 3.18. The summed E-state index contributed by atoms with van der Waals surface area (Å²) in [5.41, 5.74) is 5.75. The number of benzene rings is 1. The van der Waals surface area contributed by atoms with Crippen LogP contribution in [-0.2, 0) is 0 Å². The molecule has 1 nitrogen and oxygen atoms in total. The summed E-state index contributed by atoms with van der Waals surface area (Å²) in [5, 5.41) is 3.74. The van der Waals surface area contributed by atoms with Crippen molar-refractivity contribution in [2.45, 2.75) is 54.0 Å². The zero-order chi connectivity index (χ0) is 15.1. The third-order valence-electron chi connectivity index (χ3n) is 3.46. The zero-order valence-corrected chi connectivity index (χ0v) is 14.9. The van der Waals surface area contributed by atoms with E-state index >= 15 is 0 Å². The molecule has 0 fully saturated rings. The highest BCUT2D eigenvalue weighted by molar-refractivity contribution is 7.99. The van der Waals surface area contributed by atoms with Crippen LogP contribution in [0.1, 0.15) is 55.5 Å². The minimum Gasteiger partial charge on any atom is -0.309 e. The van der Waals surface area contributed by atoms with Crippen molar-refractivity contribution in [3.05, 3.63) is 34.4 Å². The van der Waals surface area contributed by atoms with E-state index in [1.54, 1.807) is 0 Å². The summed E-state index contributed by atoms with van der Waals surface area (Å²) in [6.45, 7) is 14.6. The molecule has 0 amide bonds. The molecular weight excluding hydrogens is 262 g/mol. The van der Waals surface area contributed by atoms with Gasteiger partial charge < -0.3 is 5.32 Å². The van der Waals surface area contributed by atoms with Crippen molar-refractivity contribution < 1.29 is 0 Å². The van der Waals surface area contributed by atoms with Crippen molar-refractivity contribution in [1.82, 2.24) is 5.32 Å². The molecule has 0 aliphatic carbocycles. The van der Waals surface area contributed by atoms with E-state index in [-0.39, 0.29) is 0 Å². The lowest BCUT2D eigenvalue weighted by Crippen LogP contribution is -2.26. The van der Waals surface area contributed by atoms with Gasteiger partial charge >= 0.3 is 0 Å². The number of hydrogen-bond acceptors (Lipinski definition) is 2. The maximum absolute atomic E-state index is 3.74. The molecule has 0 heterocycles. The number of hydrogen-bond donors (Lipinski definition) is 1. The quantitative estimate of drug-likeness (QED) is 0.720. The SMILES string of the molecule is CCCNC(CSCC(C)C)c1c(C)cc(C)cc1C. The van der Waals surface area contributed by atoms with Gasteiger partial charge in [-0.3, -0.25) is 0 Å². The number of nitrogens with one attached hydrogen (secondary N) is 1. The fraction of sp³-hybridized carbons (Fsp3) is 0.667. The largest absolute Gasteiger partial charge is 0.309 e. The van der Waals surface area contributed by atoms with Gasteiger partial charge in [0.1, 0.15) is 0 Å². The topological polar surface area (TPSA) is 12.0 Å². The van der Waals surface area contributed by atoms with Crippen LogP contribution in [0, 0.1) is 26.7 Å². The van der Waals surface area contributed by atoms with E-state index in [1.165, 1.54) is 40.2 Å². The molecular formula is C18H31NS. The van der Waals surface area contributed by atoms with E-state index in [0.29, 0.717) is 6.04 Å². The van der Waals surface area contributed by atoms with Gasteiger partial charge in [0.2, 0.25) is 0 Å². The van der Waals surface area contributed by atoms with E-state index in [9.17, 15) is 0 Å². The van der Waals surface area contributed by atoms with Gasteiger partial charge in [-0.1, -0.05) is 38.5 Å². The van der Waals surface area contributed by atoms with Crippen molar-refractivity contribution in [1.29, 1.82) is 0 Å². The molecule has 0 saturated carbocycles. The summed E-state index contributed by atoms with van der Waals surface area (Å²) in [7, 11) is 0. The Morgan fingerprint density at radius 3 is 2.15 bits per heavy atom. The minimum absolute atomic E-state index is 0.485. The maximum atomic E-state index is 3.74. The highest BCUT2D eigenvalue weighted by Crippen LogP contribution is 2.27. The minimum atomic E-state index is 0.485. The van der Waals surface area contributed by atoms with Gasteiger partial charge in [-0.2, -0.15) is 11.8 Å². The van der Waals surface area contributed by atoms with Crippen LogP contribution in [-0.4, -0.2) is 18.1 Å². The molecule has 0 aromatic heterocycles. The van der Waals surface area contributed by atoms with Gasteiger partial charge in [0, 0.05) is 11.8 Å². The van der Waals surface area contributed by atoms with E-state index < -0.39 is 0 Å². The van der Waals surface area contributed by atoms with Gasteiger partial charge in [0.25, 0.3) is 0 Å². The molecule has 114 valence electrons. The van der Waals surface area contributed by atoms with Crippen LogP contribution >= 0.6 is 11.8 Å². The van der Waals surface area contributed by atoms with Crippen LogP contribution < -0.4 is 5.32 Å². The highest BCUT2D eigenvalue weighted by Gasteiger charge is 2.16. The predicted octanol–water partition coefficient (Wildman–Crippen LogP) is 5.04. The second-order valence-electron chi connectivity index (χ2n) is 6.25. The smallest absolute Gasteiger partial charge is 0.0417 e. The first-order valence-electron chi connectivity index (χ1n) is 7.84. The molecule has 0 saturated heterocycles. The Hall–Kier alpha value is -0.470. The monoisotopic (exact) mass is 293 g/mol. The molecule has 0 bridgehead atoms. The Morgan fingerprint density at radius 2 is 1.65 bits per heavy atom. The summed E-state index contributed by atoms with van der Waals surface area (Å²) < 4.78 is 0. The summed E-state index contributed by atoms with van der Waals surface area (Å²) in [6.07, 6.45) is 1.19. The van der Waals surface area contributed by atoms with Crippen molar-refractivity contribution >= 4 is 11.8 Å². The van der Waals surface area contributed by atoms with Crippen LogP contribution in [0.3, 0.4) is 0 Å². The lowest BCUT2D eigenvalue weighted by atomic mass is 9.95. The molecule has 1 rings (SSSR count). The third-order valence-corrected chi connectivity index (χ3v) is 4.93. The van der Waals surface area contributed by atoms with Crippen LogP contribution in [0.4, 0.5) is 0 Å². The van der Waals surface area contributed by atoms with Crippen molar-refractivity contribution in [2.24, 2.45) is 5.92 Å². The molecule has 1 aromatic rings. The lowest BCUT2D eigenvalue weighted by Gasteiger charge is -2.23. The second-order valence-corrected chi connectivity index (χ2v) is 7.33. The summed E-state index contributed by atoms with van der Waals surface area (Å²) in [6, 6.07) is 5.12. The van der Waals surface area contributed by atoms with Crippen LogP contribution in [0.5, 0.6) is 0 Å². The molecule has 0 aliphatic heterocycles. The second kappa shape index (κ2) is 8.74. The Kier molecular flexibility index (Phi) is 7.68. The molecule has 0 aliphatic rings. The van der Waals surface area contributed by atoms with Gasteiger partial charge in [0.05, 0.1) is 0 Å². The first-order valence-corrected chi connectivity index (χ1v) is 9.00. The van der Waals surface area contributed by atoms with E-state index in [1.807, 2.05) is 0 Å². The van der Waals surface area contributed by atoms with Crippen LogP contribution in [0.25, 0.3) is 0 Å². The van der Waals surface area contributed by atoms with Gasteiger partial charge in [-0.25, -0.2) is 0 Å². The Labute approximate surface area is 129 Å². The Bertz CT molecular complexity index is 389. The van der Waals surface area contributed by atoms with Gasteiger partial charge in [0.15, 0.2) is 0 Å². The summed E-state index contributed by atoms with van der Waals surface area (Å²) >= 11 is 2.07. The number of aryl methyl sites for hydroxylation is 3. The fourth-order valence-electron chi connectivity index (χ4n) is 2.73. The average Bonchev–Trinajstić information content (AvgIpc) is 2.33. The first kappa shape index (κ1) is 17.6. The molecule has 1 N–H and O–H groups in total. The average molecular weight is 294 g/mol. The molecule has 2 heteroatoms. The lowest BCUT2D eigenvalue weighted by molar-refractivity contribution is 0.572. The third kappa shape index (κ3) is 5.49. The fourth-order valence-corrected chi connectivity index (χ4v) is 3.85. The molecule has 1 aromatic carbocycles. The standard InChI is InChI=1S/C18H31NS/c1-7-8-19-17(12-20-11-13(2)3)18-15(5)9-14(4)10-16(18)6/h9-10,13,17,19H,7-8,11-12H2,1-6H3. The predicted molar refractivity (Wildman–Crippen MR) is 93.9 cm³/mol. The first-order chi connectivity index (χ1) is 9.45.